The fraction of sp³-hybridized carbons (Fsp3) is 0.667. The van der Waals surface area contributed by atoms with E-state index in [1.54, 1.807) is 0 Å². The van der Waals surface area contributed by atoms with Crippen molar-refractivity contribution in [3.8, 4) is 0 Å². The van der Waals surface area contributed by atoms with E-state index in [1.807, 2.05) is 0 Å². The third-order valence-electron chi connectivity index (χ3n) is 1.85. The van der Waals surface area contributed by atoms with E-state index in [1.165, 1.54) is 0 Å². The predicted octanol–water partition coefficient (Wildman–Crippen LogP) is 1.70. The molecule has 0 heterocycles. The first-order chi connectivity index (χ1) is 7.64. The van der Waals surface area contributed by atoms with Gasteiger partial charge in [0, 0.05) is 0 Å². The Balaban J connectivity index is 6.37. The molecular weight excluding hydrogens is 288 g/mol. The Bertz CT molecular complexity index is 337. The summed E-state index contributed by atoms with van der Waals surface area (Å²) in [5.74, 6) is -7.92. The molecule has 2 unspecified atom stereocenters. The molecule has 0 radical (unpaired) electrons. The van der Waals surface area contributed by atoms with Crippen molar-refractivity contribution < 1.29 is 54.9 Å². The highest BCUT2D eigenvalue weighted by Gasteiger charge is 2.87. The van der Waals surface area contributed by atoms with Crippen LogP contribution in [0.1, 0.15) is 0 Å². The first-order valence-corrected chi connectivity index (χ1v) is 3.62. The van der Waals surface area contributed by atoms with Gasteiger partial charge in [0.2, 0.25) is 0 Å². The van der Waals surface area contributed by atoms with Crippen LogP contribution in [-0.2, 0) is 9.59 Å². The van der Waals surface area contributed by atoms with Gasteiger partial charge in [-0.25, -0.2) is 18.4 Å². The Morgan fingerprint density at radius 2 is 0.778 bits per heavy atom. The van der Waals surface area contributed by atoms with Crippen LogP contribution in [0.5, 0.6) is 0 Å². The molecule has 2 N–H and O–H groups in total. The zero-order valence-electron chi connectivity index (χ0n) is 7.73. The number of alkyl halides is 8. The van der Waals surface area contributed by atoms with Crippen LogP contribution in [-0.4, -0.2) is 45.8 Å². The highest BCUT2D eigenvalue weighted by molar-refractivity contribution is 5.92. The Kier molecular flexibility index (Phi) is 3.59. The summed E-state index contributed by atoms with van der Waals surface area (Å²) in [6.45, 7) is 0. The molecule has 0 bridgehead atoms. The molecule has 0 amide bonds. The van der Waals surface area contributed by atoms with E-state index < -0.39 is 35.6 Å². The largest absolute Gasteiger partial charge is 0.479 e. The molecule has 0 aromatic heterocycles. The van der Waals surface area contributed by atoms with Gasteiger partial charge in [-0.05, 0) is 0 Å². The zero-order chi connectivity index (χ0) is 15.2. The van der Waals surface area contributed by atoms with Gasteiger partial charge >= 0.3 is 35.6 Å². The van der Waals surface area contributed by atoms with Gasteiger partial charge in [0.15, 0.2) is 0 Å². The van der Waals surface area contributed by atoms with Crippen molar-refractivity contribution in [1.82, 2.24) is 0 Å². The molecule has 0 aromatic rings. The summed E-state index contributed by atoms with van der Waals surface area (Å²) in [5.41, 5.74) is -13.4. The van der Waals surface area contributed by atoms with Gasteiger partial charge in [0.1, 0.15) is 0 Å². The molecule has 0 aromatic carbocycles. The maximum atomic E-state index is 13.0. The van der Waals surface area contributed by atoms with Crippen molar-refractivity contribution in [3.63, 3.8) is 0 Å². The van der Waals surface area contributed by atoms with E-state index in [-0.39, 0.29) is 0 Å². The summed E-state index contributed by atoms with van der Waals surface area (Å²) in [6, 6.07) is 0. The lowest BCUT2D eigenvalue weighted by Crippen LogP contribution is -2.71. The maximum Gasteiger partial charge on any atom is 0.437 e. The Hall–Kier alpha value is -1.62. The van der Waals surface area contributed by atoms with Crippen LogP contribution in [0, 0.1) is 0 Å². The van der Waals surface area contributed by atoms with Crippen molar-refractivity contribution >= 4 is 11.9 Å². The van der Waals surface area contributed by atoms with Crippen LogP contribution >= 0.6 is 0 Å². The standard InChI is InChI=1S/C6H2F8O4/c7-3(1(15)16,5(9,10)11)4(8,2(17)18)6(12,13)14/h(H,15,16)(H,17,18). The van der Waals surface area contributed by atoms with E-state index >= 15 is 0 Å². The normalized spacial score (nSPS) is 19.8. The van der Waals surface area contributed by atoms with Gasteiger partial charge in [-0.1, -0.05) is 0 Å². The van der Waals surface area contributed by atoms with Gasteiger partial charge < -0.3 is 10.2 Å². The van der Waals surface area contributed by atoms with Crippen LogP contribution in [0.3, 0.4) is 0 Å². The molecule has 18 heavy (non-hydrogen) atoms. The lowest BCUT2D eigenvalue weighted by molar-refractivity contribution is -0.329. The second-order valence-electron chi connectivity index (χ2n) is 2.92. The summed E-state index contributed by atoms with van der Waals surface area (Å²) >= 11 is 0. The van der Waals surface area contributed by atoms with E-state index in [9.17, 15) is 44.7 Å². The molecule has 0 rings (SSSR count). The SMILES string of the molecule is O=C(O)C(F)(C(F)(F)F)C(F)(C(=O)O)C(F)(F)F. The summed E-state index contributed by atoms with van der Waals surface area (Å²) in [4.78, 5) is 19.9. The molecule has 4 nitrogen and oxygen atoms in total. The second-order valence-corrected chi connectivity index (χ2v) is 2.92. The van der Waals surface area contributed by atoms with E-state index in [0.29, 0.717) is 0 Å². The third-order valence-corrected chi connectivity index (χ3v) is 1.85. The van der Waals surface area contributed by atoms with Crippen LogP contribution in [0.4, 0.5) is 35.1 Å². The zero-order valence-corrected chi connectivity index (χ0v) is 7.73. The van der Waals surface area contributed by atoms with E-state index in [4.69, 9.17) is 10.2 Å². The fourth-order valence-electron chi connectivity index (χ4n) is 0.928. The van der Waals surface area contributed by atoms with Crippen LogP contribution in [0.25, 0.3) is 0 Å². The van der Waals surface area contributed by atoms with Crippen LogP contribution in [0.2, 0.25) is 0 Å². The summed E-state index contributed by atoms with van der Waals surface area (Å²) < 4.78 is 97.9. The monoisotopic (exact) mass is 290 g/mol. The molecule has 0 saturated heterocycles. The van der Waals surface area contributed by atoms with Gasteiger partial charge in [-0.2, -0.15) is 26.3 Å². The molecule has 0 aliphatic heterocycles. The fourth-order valence-corrected chi connectivity index (χ4v) is 0.928. The minimum Gasteiger partial charge on any atom is -0.479 e. The molecule has 2 atom stereocenters. The molecule has 0 saturated carbocycles. The van der Waals surface area contributed by atoms with Crippen molar-refractivity contribution in [3.05, 3.63) is 0 Å². The van der Waals surface area contributed by atoms with Gasteiger partial charge in [0.05, 0.1) is 0 Å². The smallest absolute Gasteiger partial charge is 0.437 e. The lowest BCUT2D eigenvalue weighted by atomic mass is 9.84. The van der Waals surface area contributed by atoms with Crippen molar-refractivity contribution in [2.75, 3.05) is 0 Å². The first-order valence-electron chi connectivity index (χ1n) is 3.62. The number of halogens is 8. The number of carboxylic acid groups (broad SMARTS) is 2. The molecule has 0 spiro atoms. The number of hydrogen-bond acceptors (Lipinski definition) is 2. The average molecular weight is 290 g/mol. The highest BCUT2D eigenvalue weighted by atomic mass is 19.4. The van der Waals surface area contributed by atoms with Crippen molar-refractivity contribution in [2.24, 2.45) is 0 Å². The summed E-state index contributed by atoms with van der Waals surface area (Å²) in [6.07, 6.45) is -13.9. The van der Waals surface area contributed by atoms with E-state index in [0.717, 1.165) is 0 Å². The first kappa shape index (κ1) is 16.4. The van der Waals surface area contributed by atoms with Gasteiger partial charge in [-0.15, -0.1) is 0 Å². The Labute approximate surface area is 91.8 Å². The number of hydrogen-bond donors (Lipinski definition) is 2. The molecule has 12 heteroatoms. The molecule has 0 aliphatic rings. The quantitative estimate of drug-likeness (QED) is 0.776. The number of carbonyl (C=O) groups is 2. The third kappa shape index (κ3) is 1.84. The number of rotatable bonds is 3. The minimum absolute atomic E-state index is 3.96. The number of aliphatic carboxylic acids is 2. The number of carboxylic acids is 2. The van der Waals surface area contributed by atoms with E-state index in [2.05, 4.69) is 0 Å². The lowest BCUT2D eigenvalue weighted by Gasteiger charge is -2.34. The van der Waals surface area contributed by atoms with Crippen LogP contribution < -0.4 is 0 Å². The van der Waals surface area contributed by atoms with Crippen molar-refractivity contribution in [2.45, 2.75) is 23.7 Å². The molecule has 0 aliphatic carbocycles. The maximum absolute atomic E-state index is 13.0. The average Bonchev–Trinajstić information content (AvgIpc) is 2.10. The summed E-state index contributed by atoms with van der Waals surface area (Å²) in [5, 5.41) is 15.6. The highest BCUT2D eigenvalue weighted by Crippen LogP contribution is 2.52. The Morgan fingerprint density at radius 1 is 0.611 bits per heavy atom. The molecule has 0 fully saturated rings. The minimum atomic E-state index is -6.94. The van der Waals surface area contributed by atoms with Crippen LogP contribution in [0.15, 0.2) is 0 Å². The van der Waals surface area contributed by atoms with Gasteiger partial charge in [-0.3, -0.25) is 0 Å². The van der Waals surface area contributed by atoms with Gasteiger partial charge in [0.25, 0.3) is 0 Å². The molecular formula is C6H2F8O4. The summed E-state index contributed by atoms with van der Waals surface area (Å²) in [7, 11) is 0. The Morgan fingerprint density at radius 3 is 0.833 bits per heavy atom. The van der Waals surface area contributed by atoms with Crippen molar-refractivity contribution in [1.29, 1.82) is 0 Å². The predicted molar refractivity (Wildman–Crippen MR) is 35.1 cm³/mol. The topological polar surface area (TPSA) is 74.6 Å². The second kappa shape index (κ2) is 3.95. The molecule has 106 valence electrons.